The highest BCUT2D eigenvalue weighted by Crippen LogP contribution is 2.40. The van der Waals surface area contributed by atoms with Gasteiger partial charge in [0.25, 0.3) is 0 Å². The summed E-state index contributed by atoms with van der Waals surface area (Å²) in [4.78, 5) is 0. The van der Waals surface area contributed by atoms with E-state index in [1.807, 2.05) is 6.92 Å². The minimum absolute atomic E-state index is 0.276. The van der Waals surface area contributed by atoms with Crippen LogP contribution >= 0.6 is 7.14 Å². The van der Waals surface area contributed by atoms with Crippen LogP contribution in [-0.2, 0) is 9.30 Å². The van der Waals surface area contributed by atoms with E-state index in [4.69, 9.17) is 4.74 Å². The van der Waals surface area contributed by atoms with E-state index in [9.17, 15) is 9.67 Å². The summed E-state index contributed by atoms with van der Waals surface area (Å²) in [7, 11) is -0.566. The van der Waals surface area contributed by atoms with Crippen molar-refractivity contribution in [3.05, 3.63) is 0 Å². The van der Waals surface area contributed by atoms with E-state index in [0.29, 0.717) is 12.3 Å². The zero-order valence-corrected chi connectivity index (χ0v) is 8.30. The number of ether oxygens (including phenoxy) is 1. The molecule has 3 nitrogen and oxygen atoms in total. The topological polar surface area (TPSA) is 46.5 Å². The fourth-order valence-corrected chi connectivity index (χ4v) is 2.08. The molecule has 0 fully saturated rings. The van der Waals surface area contributed by atoms with Gasteiger partial charge in [-0.1, -0.05) is 6.92 Å². The van der Waals surface area contributed by atoms with Gasteiger partial charge in [0.2, 0.25) is 0 Å². The molecular weight excluding hydrogens is 163 g/mol. The van der Waals surface area contributed by atoms with Crippen LogP contribution in [0, 0.1) is 0 Å². The number of hydrogen-bond acceptors (Lipinski definition) is 3. The van der Waals surface area contributed by atoms with E-state index in [2.05, 4.69) is 0 Å². The number of aliphatic hydroxyl groups is 1. The summed E-state index contributed by atoms with van der Waals surface area (Å²) >= 11 is 0. The summed E-state index contributed by atoms with van der Waals surface area (Å²) < 4.78 is 16.2. The minimum Gasteiger partial charge on any atom is -0.390 e. The van der Waals surface area contributed by atoms with Gasteiger partial charge in [-0.2, -0.15) is 0 Å². The third kappa shape index (κ3) is 5.42. The molecule has 0 aliphatic carbocycles. The van der Waals surface area contributed by atoms with E-state index < -0.39 is 13.2 Å². The molecule has 0 heterocycles. The Balaban J connectivity index is 3.74. The second kappa shape index (κ2) is 4.91. The summed E-state index contributed by atoms with van der Waals surface area (Å²) in [5.41, 5.74) is 0. The molecule has 0 saturated heterocycles. The first-order valence-corrected chi connectivity index (χ1v) is 6.27. The Labute approximate surface area is 68.1 Å². The molecule has 0 spiro atoms. The Kier molecular flexibility index (Phi) is 4.98. The van der Waals surface area contributed by atoms with Crippen LogP contribution in [0.2, 0.25) is 0 Å². The van der Waals surface area contributed by atoms with Crippen molar-refractivity contribution >= 4 is 7.14 Å². The first-order chi connectivity index (χ1) is 5.02. The van der Waals surface area contributed by atoms with Crippen molar-refractivity contribution in [1.29, 1.82) is 0 Å². The van der Waals surface area contributed by atoms with Crippen molar-refractivity contribution in [2.24, 2.45) is 0 Å². The molecule has 2 atom stereocenters. The lowest BCUT2D eigenvalue weighted by molar-refractivity contribution is 0.0781. The molecule has 0 aromatic heterocycles. The molecule has 11 heavy (non-hydrogen) atoms. The summed E-state index contributed by atoms with van der Waals surface area (Å²) in [6.45, 7) is 3.87. The van der Waals surface area contributed by atoms with Gasteiger partial charge in [-0.25, -0.2) is 0 Å². The number of aliphatic hydroxyl groups excluding tert-OH is 1. The Bertz CT molecular complexity index is 147. The normalized spacial score (nSPS) is 19.3. The average molecular weight is 180 g/mol. The highest BCUT2D eigenvalue weighted by molar-refractivity contribution is 7.63. The highest BCUT2D eigenvalue weighted by atomic mass is 31.2. The Morgan fingerprint density at radius 2 is 2.18 bits per heavy atom. The predicted octanol–water partition coefficient (Wildman–Crippen LogP) is 1.01. The van der Waals surface area contributed by atoms with Gasteiger partial charge in [0.05, 0.1) is 19.9 Å². The molecule has 0 saturated carbocycles. The van der Waals surface area contributed by atoms with Gasteiger partial charge in [0.15, 0.2) is 0 Å². The molecule has 68 valence electrons. The van der Waals surface area contributed by atoms with Gasteiger partial charge in [-0.05, 0) is 12.8 Å². The van der Waals surface area contributed by atoms with Crippen molar-refractivity contribution in [2.75, 3.05) is 32.7 Å². The largest absolute Gasteiger partial charge is 0.390 e. The molecule has 0 radical (unpaired) electrons. The third-order valence-corrected chi connectivity index (χ3v) is 4.16. The van der Waals surface area contributed by atoms with E-state index in [-0.39, 0.29) is 6.61 Å². The quantitative estimate of drug-likeness (QED) is 0.642. The highest BCUT2D eigenvalue weighted by Gasteiger charge is 2.17. The molecule has 0 aliphatic rings. The number of hydrogen-bond donors (Lipinski definition) is 1. The fourth-order valence-electron chi connectivity index (χ4n) is 0.820. The second-order valence-corrected chi connectivity index (χ2v) is 6.50. The first kappa shape index (κ1) is 11.2. The molecule has 0 aliphatic heterocycles. The molecule has 4 heteroatoms. The van der Waals surface area contributed by atoms with Crippen LogP contribution in [0.25, 0.3) is 0 Å². The number of methoxy groups -OCH3 is 1. The molecule has 0 bridgehead atoms. The summed E-state index contributed by atoms with van der Waals surface area (Å²) in [5.74, 6) is 0. The maximum absolute atomic E-state index is 11.5. The number of rotatable bonds is 5. The van der Waals surface area contributed by atoms with Crippen molar-refractivity contribution in [3.8, 4) is 0 Å². The minimum atomic E-state index is -2.09. The van der Waals surface area contributed by atoms with Gasteiger partial charge >= 0.3 is 0 Å². The zero-order valence-electron chi connectivity index (χ0n) is 7.41. The van der Waals surface area contributed by atoms with Crippen LogP contribution in [0.5, 0.6) is 0 Å². The zero-order chi connectivity index (χ0) is 8.91. The molecule has 0 amide bonds. The Morgan fingerprint density at radius 3 is 2.55 bits per heavy atom. The van der Waals surface area contributed by atoms with Crippen LogP contribution in [0.1, 0.15) is 6.92 Å². The molecule has 0 aromatic rings. The van der Waals surface area contributed by atoms with Gasteiger partial charge in [0.1, 0.15) is 0 Å². The smallest absolute Gasteiger partial charge is 0.0871 e. The molecule has 1 N–H and O–H groups in total. The third-order valence-electron chi connectivity index (χ3n) is 1.62. The summed E-state index contributed by atoms with van der Waals surface area (Å²) in [6, 6.07) is 0. The summed E-state index contributed by atoms with van der Waals surface area (Å²) in [6.07, 6.45) is 0.446. The van der Waals surface area contributed by atoms with Gasteiger partial charge in [-0.15, -0.1) is 0 Å². The first-order valence-electron chi connectivity index (χ1n) is 3.74. The van der Waals surface area contributed by atoms with Crippen LogP contribution in [0.3, 0.4) is 0 Å². The van der Waals surface area contributed by atoms with E-state index in [1.54, 1.807) is 6.66 Å². The summed E-state index contributed by atoms with van der Waals surface area (Å²) in [5, 5.41) is 9.22. The van der Waals surface area contributed by atoms with Crippen LogP contribution < -0.4 is 0 Å². The van der Waals surface area contributed by atoms with Crippen molar-refractivity contribution in [3.63, 3.8) is 0 Å². The van der Waals surface area contributed by atoms with Gasteiger partial charge < -0.3 is 14.4 Å². The van der Waals surface area contributed by atoms with Crippen LogP contribution in [0.15, 0.2) is 0 Å². The SMILES string of the molecule is CCP(C)(=O)CC(O)COC. The van der Waals surface area contributed by atoms with Gasteiger partial charge in [-0.3, -0.25) is 0 Å². The van der Waals surface area contributed by atoms with E-state index in [0.717, 1.165) is 0 Å². The molecule has 0 aromatic carbocycles. The van der Waals surface area contributed by atoms with Gasteiger partial charge in [0, 0.05) is 13.3 Å². The standard InChI is InChI=1S/C7H17O3P/c1-4-11(3,9)6-7(8)5-10-2/h7-8H,4-6H2,1-3H3. The molecular formula is C7H17O3P. The van der Waals surface area contributed by atoms with Crippen LogP contribution in [-0.4, -0.2) is 43.9 Å². The molecule has 0 rings (SSSR count). The average Bonchev–Trinajstić information content (AvgIpc) is 1.87. The van der Waals surface area contributed by atoms with Crippen molar-refractivity contribution < 1.29 is 14.4 Å². The fraction of sp³-hybridized carbons (Fsp3) is 1.00. The predicted molar refractivity (Wildman–Crippen MR) is 46.8 cm³/mol. The van der Waals surface area contributed by atoms with E-state index >= 15 is 0 Å². The lowest BCUT2D eigenvalue weighted by Crippen LogP contribution is -2.19. The maximum Gasteiger partial charge on any atom is 0.0871 e. The monoisotopic (exact) mass is 180 g/mol. The lowest BCUT2D eigenvalue weighted by atomic mass is 10.4. The van der Waals surface area contributed by atoms with Crippen molar-refractivity contribution in [1.82, 2.24) is 0 Å². The Hall–Kier alpha value is 0.150. The van der Waals surface area contributed by atoms with Crippen molar-refractivity contribution in [2.45, 2.75) is 13.0 Å². The maximum atomic E-state index is 11.5. The van der Waals surface area contributed by atoms with E-state index in [1.165, 1.54) is 7.11 Å². The lowest BCUT2D eigenvalue weighted by Gasteiger charge is -2.14. The molecule has 2 unspecified atom stereocenters. The van der Waals surface area contributed by atoms with Crippen LogP contribution in [0.4, 0.5) is 0 Å². The Morgan fingerprint density at radius 1 is 1.64 bits per heavy atom. The second-order valence-electron chi connectivity index (χ2n) is 2.90.